The molecule has 4 rings (SSSR count). The molecule has 4 aromatic rings. The van der Waals surface area contributed by atoms with Crippen LogP contribution in [0.4, 0.5) is 5.69 Å². The second kappa shape index (κ2) is 11.2. The van der Waals surface area contributed by atoms with Crippen molar-refractivity contribution in [2.45, 2.75) is 20.5 Å². The summed E-state index contributed by atoms with van der Waals surface area (Å²) in [5, 5.41) is 25.6. The summed E-state index contributed by atoms with van der Waals surface area (Å²) >= 11 is 3.35. The molecule has 0 saturated carbocycles. The quantitative estimate of drug-likeness (QED) is 0.166. The summed E-state index contributed by atoms with van der Waals surface area (Å²) in [7, 11) is 0. The van der Waals surface area contributed by atoms with E-state index in [0.29, 0.717) is 32.3 Å². The molecule has 194 valence electrons. The Morgan fingerprint density at radius 3 is 2.58 bits per heavy atom. The number of carbonyl (C=O) groups is 1. The van der Waals surface area contributed by atoms with Gasteiger partial charge in [0.25, 0.3) is 5.56 Å². The minimum atomic E-state index is -1.06. The molecule has 1 heterocycles. The molecule has 0 aliphatic heterocycles. The monoisotopic (exact) mass is 580 g/mol. The molecule has 11 nitrogen and oxygen atoms in total. The van der Waals surface area contributed by atoms with Gasteiger partial charge in [-0.15, -0.1) is 0 Å². The van der Waals surface area contributed by atoms with Gasteiger partial charge in [0.1, 0.15) is 12.4 Å². The Kier molecular flexibility index (Phi) is 7.82. The number of carboxylic acids is 1. The van der Waals surface area contributed by atoms with Crippen LogP contribution in [0, 0.1) is 17.0 Å². The average Bonchev–Trinajstić information content (AvgIpc) is 2.88. The molecule has 12 heteroatoms. The van der Waals surface area contributed by atoms with Crippen LogP contribution in [0.5, 0.6) is 11.5 Å². The van der Waals surface area contributed by atoms with E-state index in [1.165, 1.54) is 30.5 Å². The van der Waals surface area contributed by atoms with Gasteiger partial charge in [-0.25, -0.2) is 9.78 Å². The second-order valence-corrected chi connectivity index (χ2v) is 8.95. The Morgan fingerprint density at radius 2 is 1.92 bits per heavy atom. The number of nitro groups is 1. The molecule has 0 unspecified atom stereocenters. The van der Waals surface area contributed by atoms with Gasteiger partial charge in [-0.05, 0) is 55.8 Å². The van der Waals surface area contributed by atoms with Crippen LogP contribution in [0.15, 0.2) is 69.0 Å². The van der Waals surface area contributed by atoms with Gasteiger partial charge in [-0.2, -0.15) is 9.78 Å². The minimum absolute atomic E-state index is 0.0544. The summed E-state index contributed by atoms with van der Waals surface area (Å²) in [6, 6.07) is 13.9. The lowest BCUT2D eigenvalue weighted by atomic mass is 10.1. The van der Waals surface area contributed by atoms with Gasteiger partial charge in [0.15, 0.2) is 5.75 Å². The molecule has 0 radical (unpaired) electrons. The van der Waals surface area contributed by atoms with Crippen molar-refractivity contribution in [3.05, 3.63) is 102 Å². The van der Waals surface area contributed by atoms with E-state index in [-0.39, 0.29) is 36.0 Å². The van der Waals surface area contributed by atoms with Crippen LogP contribution < -0.4 is 15.0 Å². The van der Waals surface area contributed by atoms with Crippen LogP contribution in [-0.2, 0) is 6.61 Å². The first-order valence-electron chi connectivity index (χ1n) is 11.3. The van der Waals surface area contributed by atoms with Crippen LogP contribution in [0.2, 0.25) is 0 Å². The summed E-state index contributed by atoms with van der Waals surface area (Å²) < 4.78 is 13.2. The van der Waals surface area contributed by atoms with Crippen LogP contribution >= 0.6 is 15.9 Å². The molecular weight excluding hydrogens is 560 g/mol. The largest absolute Gasteiger partial charge is 0.490 e. The van der Waals surface area contributed by atoms with E-state index in [9.17, 15) is 19.7 Å². The number of aryl methyl sites for hydroxylation is 1. The third-order valence-electron chi connectivity index (χ3n) is 5.43. The normalized spacial score (nSPS) is 11.1. The number of fused-ring (bicyclic) bond motifs is 1. The number of hydrogen-bond donors (Lipinski definition) is 1. The number of halogens is 1. The summed E-state index contributed by atoms with van der Waals surface area (Å²) in [5.41, 5.74) is 0.807. The first-order chi connectivity index (χ1) is 18.2. The smallest absolute Gasteiger partial charge is 0.335 e. The molecule has 0 aliphatic carbocycles. The second-order valence-electron chi connectivity index (χ2n) is 8.03. The molecule has 38 heavy (non-hydrogen) atoms. The molecule has 3 aromatic carbocycles. The topological polar surface area (TPSA) is 146 Å². The number of nitrogens with zero attached hydrogens (tertiary/aromatic N) is 4. The van der Waals surface area contributed by atoms with Gasteiger partial charge >= 0.3 is 11.7 Å². The summed E-state index contributed by atoms with van der Waals surface area (Å²) in [5.74, 6) is -0.680. The van der Waals surface area contributed by atoms with Crippen molar-refractivity contribution in [2.24, 2.45) is 5.10 Å². The Balaban J connectivity index is 1.69. The van der Waals surface area contributed by atoms with E-state index in [1.807, 2.05) is 0 Å². The highest BCUT2D eigenvalue weighted by atomic mass is 79.9. The number of nitro benzene ring substituents is 1. The Labute approximate surface area is 224 Å². The number of aromatic nitrogens is 2. The Morgan fingerprint density at radius 1 is 1.18 bits per heavy atom. The first kappa shape index (κ1) is 26.5. The summed E-state index contributed by atoms with van der Waals surface area (Å²) in [6.45, 7) is 3.52. The van der Waals surface area contributed by atoms with Crippen LogP contribution in [0.3, 0.4) is 0 Å². The fourth-order valence-corrected chi connectivity index (χ4v) is 4.01. The van der Waals surface area contributed by atoms with E-state index in [1.54, 1.807) is 44.2 Å². The van der Waals surface area contributed by atoms with Crippen molar-refractivity contribution in [1.29, 1.82) is 0 Å². The minimum Gasteiger partial charge on any atom is -0.490 e. The number of benzene rings is 3. The lowest BCUT2D eigenvalue weighted by Gasteiger charge is -2.13. The highest BCUT2D eigenvalue weighted by Gasteiger charge is 2.23. The maximum Gasteiger partial charge on any atom is 0.335 e. The predicted molar refractivity (Wildman–Crippen MR) is 143 cm³/mol. The zero-order chi connectivity index (χ0) is 27.4. The van der Waals surface area contributed by atoms with E-state index < -0.39 is 16.5 Å². The zero-order valence-electron chi connectivity index (χ0n) is 20.3. The van der Waals surface area contributed by atoms with Gasteiger partial charge in [0.2, 0.25) is 5.75 Å². The van der Waals surface area contributed by atoms with Crippen LogP contribution in [0.25, 0.3) is 10.9 Å². The lowest BCUT2D eigenvalue weighted by molar-refractivity contribution is -0.386. The van der Waals surface area contributed by atoms with Gasteiger partial charge < -0.3 is 14.6 Å². The average molecular weight is 581 g/mol. The summed E-state index contributed by atoms with van der Waals surface area (Å²) in [6.07, 6.45) is 1.31. The molecule has 0 saturated heterocycles. The molecule has 0 fully saturated rings. The molecule has 0 amide bonds. The lowest BCUT2D eigenvalue weighted by Crippen LogP contribution is -2.20. The summed E-state index contributed by atoms with van der Waals surface area (Å²) in [4.78, 5) is 39.8. The SMILES string of the molecule is CCOc1cc(C=Nn2c(C)nc3ccc(Br)cc3c2=O)cc([N+](=O)[O-])c1OCc1ccc(C(=O)O)cc1. The third-order valence-corrected chi connectivity index (χ3v) is 5.92. The van der Waals surface area contributed by atoms with E-state index >= 15 is 0 Å². The molecule has 1 N–H and O–H groups in total. The van der Waals surface area contributed by atoms with E-state index in [4.69, 9.17) is 14.6 Å². The number of rotatable bonds is 9. The fraction of sp³-hybridized carbons (Fsp3) is 0.154. The van der Waals surface area contributed by atoms with Crippen molar-refractivity contribution in [2.75, 3.05) is 6.61 Å². The standard InChI is InChI=1S/C26H21BrN4O7/c1-3-37-23-11-17(13-28-30-15(2)29-21-9-8-19(27)12-20(21)25(30)32)10-22(31(35)36)24(23)38-14-16-4-6-18(7-5-16)26(33)34/h4-13H,3,14H2,1-2H3,(H,33,34). The Hall–Kier alpha value is -4.58. The van der Waals surface area contributed by atoms with Crippen molar-refractivity contribution in [1.82, 2.24) is 9.66 Å². The van der Waals surface area contributed by atoms with Gasteiger partial charge in [0, 0.05) is 16.1 Å². The van der Waals surface area contributed by atoms with Crippen molar-refractivity contribution in [3.63, 3.8) is 0 Å². The highest BCUT2D eigenvalue weighted by molar-refractivity contribution is 9.10. The molecule has 0 atom stereocenters. The highest BCUT2D eigenvalue weighted by Crippen LogP contribution is 2.39. The van der Waals surface area contributed by atoms with Crippen molar-refractivity contribution in [3.8, 4) is 11.5 Å². The fourth-order valence-electron chi connectivity index (χ4n) is 3.65. The maximum atomic E-state index is 13.0. The van der Waals surface area contributed by atoms with E-state index in [0.717, 1.165) is 4.68 Å². The first-order valence-corrected chi connectivity index (χ1v) is 12.1. The number of carboxylic acid groups (broad SMARTS) is 1. The van der Waals surface area contributed by atoms with Crippen molar-refractivity contribution >= 4 is 44.7 Å². The molecular formula is C26H21BrN4O7. The third kappa shape index (κ3) is 5.70. The molecule has 1 aromatic heterocycles. The van der Waals surface area contributed by atoms with E-state index in [2.05, 4.69) is 26.0 Å². The van der Waals surface area contributed by atoms with Crippen LogP contribution in [0.1, 0.15) is 34.2 Å². The maximum absolute atomic E-state index is 13.0. The molecule has 0 bridgehead atoms. The number of aromatic carboxylic acids is 1. The van der Waals surface area contributed by atoms with Gasteiger partial charge in [-0.1, -0.05) is 28.1 Å². The molecule has 0 aliphatic rings. The van der Waals surface area contributed by atoms with Gasteiger partial charge in [0.05, 0.1) is 34.2 Å². The zero-order valence-corrected chi connectivity index (χ0v) is 21.8. The predicted octanol–water partition coefficient (Wildman–Crippen LogP) is 4.93. The molecule has 0 spiro atoms. The van der Waals surface area contributed by atoms with Gasteiger partial charge in [-0.3, -0.25) is 14.9 Å². The number of ether oxygens (including phenoxy) is 2. The Bertz CT molecular complexity index is 1630. The van der Waals surface area contributed by atoms with Crippen LogP contribution in [-0.4, -0.2) is 38.5 Å². The van der Waals surface area contributed by atoms with Crippen molar-refractivity contribution < 1.29 is 24.3 Å². The number of hydrogen-bond acceptors (Lipinski definition) is 8.